The van der Waals surface area contributed by atoms with E-state index in [1.54, 1.807) is 32.4 Å². The molecule has 0 amide bonds. The van der Waals surface area contributed by atoms with Crippen molar-refractivity contribution >= 4 is 5.97 Å². The monoisotopic (exact) mass is 336 g/mol. The predicted molar refractivity (Wildman–Crippen MR) is 92.8 cm³/mol. The lowest BCUT2D eigenvalue weighted by Crippen LogP contribution is -2.50. The first-order chi connectivity index (χ1) is 11.5. The van der Waals surface area contributed by atoms with Gasteiger partial charge in [0.05, 0.1) is 14.2 Å². The lowest BCUT2D eigenvalue weighted by Gasteiger charge is -2.38. The van der Waals surface area contributed by atoms with E-state index in [2.05, 4.69) is 18.7 Å². The fourth-order valence-electron chi connectivity index (χ4n) is 3.25. The molecule has 0 bridgehead atoms. The van der Waals surface area contributed by atoms with Crippen LogP contribution in [0, 0.1) is 5.92 Å². The van der Waals surface area contributed by atoms with Crippen LogP contribution in [0.2, 0.25) is 0 Å². The van der Waals surface area contributed by atoms with E-state index < -0.39 is 12.0 Å². The molecule has 1 saturated heterocycles. The van der Waals surface area contributed by atoms with Crippen LogP contribution >= 0.6 is 0 Å². The normalized spacial score (nSPS) is 17.7. The Morgan fingerprint density at radius 1 is 1.17 bits per heavy atom. The van der Waals surface area contributed by atoms with Crippen LogP contribution in [0.3, 0.4) is 0 Å². The average Bonchev–Trinajstić information content (AvgIpc) is 2.56. The number of carbonyl (C=O) groups is 1. The largest absolute Gasteiger partial charge is 0.497 e. The lowest BCUT2D eigenvalue weighted by atomic mass is 10.0. The third-order valence-corrected chi connectivity index (χ3v) is 4.36. The van der Waals surface area contributed by atoms with Gasteiger partial charge >= 0.3 is 5.97 Å². The molecule has 0 saturated carbocycles. The molecule has 1 aromatic carbocycles. The first-order valence-corrected chi connectivity index (χ1v) is 8.37. The lowest BCUT2D eigenvalue weighted by molar-refractivity contribution is -0.144. The topological polar surface area (TPSA) is 62.2 Å². The van der Waals surface area contributed by atoms with Crippen LogP contribution in [0.15, 0.2) is 18.2 Å². The van der Waals surface area contributed by atoms with E-state index in [1.165, 1.54) is 0 Å². The van der Waals surface area contributed by atoms with E-state index in [0.29, 0.717) is 23.0 Å². The van der Waals surface area contributed by atoms with Crippen molar-refractivity contribution in [3.63, 3.8) is 0 Å². The van der Waals surface area contributed by atoms with E-state index in [-0.39, 0.29) is 0 Å². The van der Waals surface area contributed by atoms with Crippen LogP contribution in [-0.2, 0) is 4.79 Å². The number of methoxy groups -OCH3 is 2. The minimum atomic E-state index is -0.851. The van der Waals surface area contributed by atoms with Gasteiger partial charge in [-0.2, -0.15) is 0 Å². The number of nitrogens with zero attached hydrogens (tertiary/aromatic N) is 2. The summed E-state index contributed by atoms with van der Waals surface area (Å²) in [5, 5.41) is 9.79. The van der Waals surface area contributed by atoms with Gasteiger partial charge in [0.15, 0.2) is 0 Å². The molecule has 1 unspecified atom stereocenters. The fraction of sp³-hybridized carbons (Fsp3) is 0.611. The number of hydrogen-bond donors (Lipinski definition) is 1. The molecular weight excluding hydrogens is 308 g/mol. The predicted octanol–water partition coefficient (Wildman–Crippen LogP) is 2.10. The molecule has 1 atom stereocenters. The van der Waals surface area contributed by atoms with Crippen molar-refractivity contribution in [2.75, 3.05) is 46.9 Å². The molecule has 1 fully saturated rings. The summed E-state index contributed by atoms with van der Waals surface area (Å²) in [6.07, 6.45) is 0. The Bertz CT molecular complexity index is 554. The van der Waals surface area contributed by atoms with Gasteiger partial charge in [-0.3, -0.25) is 9.69 Å². The third kappa shape index (κ3) is 4.39. The summed E-state index contributed by atoms with van der Waals surface area (Å²) in [5.74, 6) is 0.970. The molecule has 1 aromatic rings. The highest BCUT2D eigenvalue weighted by Gasteiger charge is 2.32. The van der Waals surface area contributed by atoms with E-state index in [1.807, 2.05) is 4.90 Å². The summed E-state index contributed by atoms with van der Waals surface area (Å²) in [6, 6.07) is 4.60. The quantitative estimate of drug-likeness (QED) is 0.823. The first-order valence-electron chi connectivity index (χ1n) is 8.37. The SMILES string of the molecule is COc1ccc(C(C(=O)O)N2CCN(CC(C)C)CC2)c(OC)c1. The summed E-state index contributed by atoms with van der Waals surface area (Å²) in [7, 11) is 3.13. The molecule has 6 heteroatoms. The molecule has 1 aliphatic rings. The van der Waals surface area contributed by atoms with Gasteiger partial charge in [-0.25, -0.2) is 0 Å². The van der Waals surface area contributed by atoms with Crippen molar-refractivity contribution in [3.8, 4) is 11.5 Å². The van der Waals surface area contributed by atoms with Gasteiger partial charge in [-0.15, -0.1) is 0 Å². The zero-order chi connectivity index (χ0) is 17.7. The molecule has 134 valence electrons. The maximum Gasteiger partial charge on any atom is 0.325 e. The van der Waals surface area contributed by atoms with Gasteiger partial charge in [0.2, 0.25) is 0 Å². The summed E-state index contributed by atoms with van der Waals surface area (Å²) in [5.41, 5.74) is 0.670. The van der Waals surface area contributed by atoms with Gasteiger partial charge in [-0.1, -0.05) is 13.8 Å². The Morgan fingerprint density at radius 3 is 2.33 bits per heavy atom. The number of rotatable bonds is 7. The summed E-state index contributed by atoms with van der Waals surface area (Å²) in [6.45, 7) is 8.71. The molecule has 1 aliphatic heterocycles. The van der Waals surface area contributed by atoms with Gasteiger partial charge < -0.3 is 19.5 Å². The maximum atomic E-state index is 11.9. The molecule has 0 spiro atoms. The van der Waals surface area contributed by atoms with E-state index >= 15 is 0 Å². The Hall–Kier alpha value is -1.79. The second kappa shape index (κ2) is 8.35. The van der Waals surface area contributed by atoms with Gasteiger partial charge in [0.25, 0.3) is 0 Å². The number of ether oxygens (including phenoxy) is 2. The molecular formula is C18H28N2O4. The Balaban J connectivity index is 2.18. The van der Waals surface area contributed by atoms with Gasteiger partial charge in [-0.05, 0) is 18.1 Å². The smallest absolute Gasteiger partial charge is 0.325 e. The van der Waals surface area contributed by atoms with Crippen LogP contribution in [0.5, 0.6) is 11.5 Å². The molecule has 1 heterocycles. The molecule has 24 heavy (non-hydrogen) atoms. The number of aliphatic carboxylic acids is 1. The summed E-state index contributed by atoms with van der Waals surface area (Å²) in [4.78, 5) is 16.4. The minimum Gasteiger partial charge on any atom is -0.497 e. The Morgan fingerprint density at radius 2 is 1.83 bits per heavy atom. The average molecular weight is 336 g/mol. The van der Waals surface area contributed by atoms with Crippen molar-refractivity contribution < 1.29 is 19.4 Å². The number of benzene rings is 1. The van der Waals surface area contributed by atoms with Crippen LogP contribution in [0.1, 0.15) is 25.5 Å². The first kappa shape index (κ1) is 18.5. The number of carboxylic acids is 1. The van der Waals surface area contributed by atoms with Crippen LogP contribution < -0.4 is 9.47 Å². The zero-order valence-electron chi connectivity index (χ0n) is 15.0. The summed E-state index contributed by atoms with van der Waals surface area (Å²) < 4.78 is 10.6. The Kier molecular flexibility index (Phi) is 6.45. The fourth-order valence-corrected chi connectivity index (χ4v) is 3.25. The van der Waals surface area contributed by atoms with Crippen molar-refractivity contribution in [1.82, 2.24) is 9.80 Å². The molecule has 0 radical (unpaired) electrons. The van der Waals surface area contributed by atoms with E-state index in [9.17, 15) is 9.90 Å². The standard InChI is InChI=1S/C18H28N2O4/c1-13(2)12-19-7-9-20(10-8-19)17(18(21)22)15-6-5-14(23-3)11-16(15)24-4/h5-6,11,13,17H,7-10,12H2,1-4H3,(H,21,22). The van der Waals surface area contributed by atoms with E-state index in [4.69, 9.17) is 9.47 Å². The number of piperazine rings is 1. The Labute approximate surface area is 144 Å². The van der Waals surface area contributed by atoms with Crippen molar-refractivity contribution in [1.29, 1.82) is 0 Å². The van der Waals surface area contributed by atoms with Crippen molar-refractivity contribution in [2.45, 2.75) is 19.9 Å². The van der Waals surface area contributed by atoms with Crippen molar-refractivity contribution in [2.24, 2.45) is 5.92 Å². The number of hydrogen-bond acceptors (Lipinski definition) is 5. The van der Waals surface area contributed by atoms with E-state index in [0.717, 1.165) is 32.7 Å². The van der Waals surface area contributed by atoms with Gasteiger partial charge in [0.1, 0.15) is 17.5 Å². The third-order valence-electron chi connectivity index (χ3n) is 4.36. The highest BCUT2D eigenvalue weighted by molar-refractivity contribution is 5.77. The molecule has 6 nitrogen and oxygen atoms in total. The van der Waals surface area contributed by atoms with Crippen LogP contribution in [0.4, 0.5) is 0 Å². The maximum absolute atomic E-state index is 11.9. The summed E-state index contributed by atoms with van der Waals surface area (Å²) >= 11 is 0. The molecule has 0 aromatic heterocycles. The zero-order valence-corrected chi connectivity index (χ0v) is 15.0. The van der Waals surface area contributed by atoms with Crippen LogP contribution in [-0.4, -0.2) is 67.8 Å². The van der Waals surface area contributed by atoms with Crippen molar-refractivity contribution in [3.05, 3.63) is 23.8 Å². The molecule has 0 aliphatic carbocycles. The second-order valence-electron chi connectivity index (χ2n) is 6.58. The molecule has 1 N–H and O–H groups in total. The highest BCUT2D eigenvalue weighted by atomic mass is 16.5. The highest BCUT2D eigenvalue weighted by Crippen LogP contribution is 2.33. The molecule has 2 rings (SSSR count). The van der Waals surface area contributed by atoms with Crippen LogP contribution in [0.25, 0.3) is 0 Å². The van der Waals surface area contributed by atoms with Gasteiger partial charge in [0, 0.05) is 44.4 Å². The minimum absolute atomic E-state index is 0.548. The number of carboxylic acid groups (broad SMARTS) is 1. The second-order valence-corrected chi connectivity index (χ2v) is 6.58.